The number of fused-ring (bicyclic) bond motifs is 1. The molecule has 0 atom stereocenters. The number of benzene rings is 1. The number of rotatable bonds is 5. The predicted molar refractivity (Wildman–Crippen MR) is 81.5 cm³/mol. The van der Waals surface area contributed by atoms with Crippen LogP contribution >= 0.6 is 0 Å². The summed E-state index contributed by atoms with van der Waals surface area (Å²) in [5.41, 5.74) is 3.48. The zero-order valence-electron chi connectivity index (χ0n) is 12.3. The third-order valence-corrected chi connectivity index (χ3v) is 3.71. The number of aryl methyl sites for hydroxylation is 2. The Morgan fingerprint density at radius 2 is 2.05 bits per heavy atom. The highest BCUT2D eigenvalue weighted by Gasteiger charge is 2.16. The average Bonchev–Trinajstić information content (AvgIpc) is 3.10. The van der Waals surface area contributed by atoms with Crippen LogP contribution < -0.4 is 0 Å². The van der Waals surface area contributed by atoms with E-state index in [-0.39, 0.29) is 12.3 Å². The van der Waals surface area contributed by atoms with E-state index in [1.165, 1.54) is 0 Å². The van der Waals surface area contributed by atoms with Crippen molar-refractivity contribution in [1.82, 2.24) is 9.78 Å². The molecular formula is C17H18N2O2. The summed E-state index contributed by atoms with van der Waals surface area (Å²) in [6.07, 6.45) is 3.29. The van der Waals surface area contributed by atoms with Crippen molar-refractivity contribution in [2.24, 2.45) is 0 Å². The normalized spacial score (nSPS) is 11.1. The van der Waals surface area contributed by atoms with Gasteiger partial charge < -0.3 is 4.42 Å². The van der Waals surface area contributed by atoms with Gasteiger partial charge >= 0.3 is 0 Å². The maximum Gasteiger partial charge on any atom is 0.188 e. The number of carbonyl (C=O) groups excluding carboxylic acids is 1. The van der Waals surface area contributed by atoms with Crippen molar-refractivity contribution < 1.29 is 9.21 Å². The first-order valence-electron chi connectivity index (χ1n) is 7.28. The van der Waals surface area contributed by atoms with Crippen LogP contribution in [0, 0.1) is 0 Å². The maximum atomic E-state index is 12.5. The zero-order chi connectivity index (χ0) is 14.8. The molecule has 4 nitrogen and oxygen atoms in total. The lowest BCUT2D eigenvalue weighted by Crippen LogP contribution is -2.13. The Kier molecular flexibility index (Phi) is 3.60. The number of furan rings is 1. The van der Waals surface area contributed by atoms with E-state index in [0.717, 1.165) is 35.2 Å². The smallest absolute Gasteiger partial charge is 0.188 e. The summed E-state index contributed by atoms with van der Waals surface area (Å²) < 4.78 is 7.25. The number of hydrogen-bond acceptors (Lipinski definition) is 3. The van der Waals surface area contributed by atoms with E-state index in [4.69, 9.17) is 4.42 Å². The lowest BCUT2D eigenvalue weighted by atomic mass is 10.1. The van der Waals surface area contributed by atoms with Crippen molar-refractivity contribution >= 4 is 16.8 Å². The highest BCUT2D eigenvalue weighted by molar-refractivity contribution is 6.06. The van der Waals surface area contributed by atoms with E-state index in [0.29, 0.717) is 5.56 Å². The van der Waals surface area contributed by atoms with Crippen molar-refractivity contribution in [1.29, 1.82) is 0 Å². The molecule has 0 amide bonds. The van der Waals surface area contributed by atoms with E-state index >= 15 is 0 Å². The molecule has 3 rings (SSSR count). The summed E-state index contributed by atoms with van der Waals surface area (Å²) in [4.78, 5) is 12.5. The van der Waals surface area contributed by atoms with E-state index in [1.807, 2.05) is 28.9 Å². The third kappa shape index (κ3) is 2.49. The van der Waals surface area contributed by atoms with E-state index in [9.17, 15) is 4.79 Å². The standard InChI is InChI=1S/C17H18N2O2/c1-3-12-9-13(4-2)19(18-12)10-16(20)15-11-21-17-8-6-5-7-14(15)17/h5-9,11H,3-4,10H2,1-2H3. The molecular weight excluding hydrogens is 264 g/mol. The Bertz CT molecular complexity index is 783. The monoisotopic (exact) mass is 282 g/mol. The first-order valence-corrected chi connectivity index (χ1v) is 7.28. The van der Waals surface area contributed by atoms with Gasteiger partial charge in [0, 0.05) is 11.1 Å². The van der Waals surface area contributed by atoms with E-state index in [2.05, 4.69) is 25.0 Å². The molecule has 108 valence electrons. The summed E-state index contributed by atoms with van der Waals surface area (Å²) in [5, 5.41) is 5.36. The molecule has 3 aromatic rings. The number of hydrogen-bond donors (Lipinski definition) is 0. The van der Waals surface area contributed by atoms with Crippen LogP contribution in [-0.4, -0.2) is 15.6 Å². The topological polar surface area (TPSA) is 48.0 Å². The van der Waals surface area contributed by atoms with Gasteiger partial charge in [0.25, 0.3) is 0 Å². The van der Waals surface area contributed by atoms with Gasteiger partial charge in [0.2, 0.25) is 0 Å². The summed E-state index contributed by atoms with van der Waals surface area (Å²) >= 11 is 0. The van der Waals surface area contributed by atoms with Crippen LogP contribution in [0.25, 0.3) is 11.0 Å². The molecule has 0 bridgehead atoms. The van der Waals surface area contributed by atoms with Crippen LogP contribution in [0.15, 0.2) is 41.0 Å². The Balaban J connectivity index is 1.91. The summed E-state index contributed by atoms with van der Waals surface area (Å²) in [6, 6.07) is 9.66. The number of Topliss-reactive ketones (excluding diaryl/α,β-unsaturated/α-hetero) is 1. The number of nitrogens with zero attached hydrogens (tertiary/aromatic N) is 2. The highest BCUT2D eigenvalue weighted by atomic mass is 16.3. The number of ketones is 1. The molecule has 0 aliphatic rings. The minimum absolute atomic E-state index is 0.0282. The lowest BCUT2D eigenvalue weighted by molar-refractivity contribution is 0.0967. The summed E-state index contributed by atoms with van der Waals surface area (Å²) in [6.45, 7) is 4.40. The molecule has 0 aliphatic heterocycles. The molecule has 0 radical (unpaired) electrons. The van der Waals surface area contributed by atoms with Gasteiger partial charge in [-0.2, -0.15) is 5.10 Å². The van der Waals surface area contributed by atoms with Crippen LogP contribution in [0.2, 0.25) is 0 Å². The van der Waals surface area contributed by atoms with Gasteiger partial charge in [-0.1, -0.05) is 32.0 Å². The lowest BCUT2D eigenvalue weighted by Gasteiger charge is -2.04. The predicted octanol–water partition coefficient (Wildman–Crippen LogP) is 3.64. The van der Waals surface area contributed by atoms with Gasteiger partial charge in [0.15, 0.2) is 5.78 Å². The molecule has 4 heteroatoms. The molecule has 1 aromatic carbocycles. The molecule has 2 heterocycles. The van der Waals surface area contributed by atoms with Crippen molar-refractivity contribution in [2.45, 2.75) is 33.2 Å². The van der Waals surface area contributed by atoms with E-state index in [1.54, 1.807) is 6.26 Å². The third-order valence-electron chi connectivity index (χ3n) is 3.71. The van der Waals surface area contributed by atoms with Crippen molar-refractivity contribution in [3.8, 4) is 0 Å². The fourth-order valence-electron chi connectivity index (χ4n) is 2.52. The maximum absolute atomic E-state index is 12.5. The Morgan fingerprint density at radius 3 is 2.81 bits per heavy atom. The first kappa shape index (κ1) is 13.6. The molecule has 0 spiro atoms. The summed E-state index contributed by atoms with van der Waals surface area (Å²) in [7, 11) is 0. The Morgan fingerprint density at radius 1 is 1.24 bits per heavy atom. The van der Waals surface area contributed by atoms with Crippen LogP contribution in [0.4, 0.5) is 0 Å². The molecule has 2 aromatic heterocycles. The molecule has 0 fully saturated rings. The van der Waals surface area contributed by atoms with Crippen LogP contribution in [0.1, 0.15) is 35.6 Å². The van der Waals surface area contributed by atoms with Crippen LogP contribution in [0.5, 0.6) is 0 Å². The average molecular weight is 282 g/mol. The highest BCUT2D eigenvalue weighted by Crippen LogP contribution is 2.21. The minimum Gasteiger partial charge on any atom is -0.464 e. The minimum atomic E-state index is 0.0282. The van der Waals surface area contributed by atoms with E-state index < -0.39 is 0 Å². The SMILES string of the molecule is CCc1cc(CC)n(CC(=O)c2coc3ccccc23)n1. The molecule has 0 unspecified atom stereocenters. The van der Waals surface area contributed by atoms with Gasteiger partial charge in [-0.05, 0) is 25.0 Å². The molecule has 0 saturated heterocycles. The molecule has 0 N–H and O–H groups in total. The van der Waals surface area contributed by atoms with Crippen LogP contribution in [0.3, 0.4) is 0 Å². The number of aromatic nitrogens is 2. The van der Waals surface area contributed by atoms with Crippen molar-refractivity contribution in [3.63, 3.8) is 0 Å². The zero-order valence-corrected chi connectivity index (χ0v) is 12.3. The fraction of sp³-hybridized carbons (Fsp3) is 0.294. The van der Waals surface area contributed by atoms with Gasteiger partial charge in [0.1, 0.15) is 18.4 Å². The van der Waals surface area contributed by atoms with Gasteiger partial charge in [0.05, 0.1) is 11.3 Å². The number of carbonyl (C=O) groups is 1. The Labute approximate surface area is 123 Å². The van der Waals surface area contributed by atoms with Gasteiger partial charge in [-0.3, -0.25) is 9.48 Å². The largest absolute Gasteiger partial charge is 0.464 e. The number of para-hydroxylation sites is 1. The van der Waals surface area contributed by atoms with Crippen molar-refractivity contribution in [3.05, 3.63) is 53.5 Å². The second kappa shape index (κ2) is 5.56. The van der Waals surface area contributed by atoms with Gasteiger partial charge in [-0.25, -0.2) is 0 Å². The fourth-order valence-corrected chi connectivity index (χ4v) is 2.52. The quantitative estimate of drug-likeness (QED) is 0.671. The first-order chi connectivity index (χ1) is 10.2. The van der Waals surface area contributed by atoms with Crippen molar-refractivity contribution in [2.75, 3.05) is 0 Å². The molecule has 0 aliphatic carbocycles. The Hall–Kier alpha value is -2.36. The van der Waals surface area contributed by atoms with Crippen LogP contribution in [-0.2, 0) is 19.4 Å². The second-order valence-electron chi connectivity index (χ2n) is 5.06. The molecule has 0 saturated carbocycles. The molecule has 21 heavy (non-hydrogen) atoms. The summed E-state index contributed by atoms with van der Waals surface area (Å²) in [5.74, 6) is 0.0282. The van der Waals surface area contributed by atoms with Gasteiger partial charge in [-0.15, -0.1) is 0 Å². The second-order valence-corrected chi connectivity index (χ2v) is 5.06.